The zero-order chi connectivity index (χ0) is 11.9. The summed E-state index contributed by atoms with van der Waals surface area (Å²) < 4.78 is 0. The van der Waals surface area contributed by atoms with Gasteiger partial charge in [-0.05, 0) is 35.0 Å². The van der Waals surface area contributed by atoms with Gasteiger partial charge in [-0.15, -0.1) is 0 Å². The number of hydrogen-bond donors (Lipinski definition) is 0. The molecule has 0 aliphatic heterocycles. The molecule has 1 aliphatic rings. The van der Waals surface area contributed by atoms with E-state index in [9.17, 15) is 0 Å². The van der Waals surface area contributed by atoms with Crippen molar-refractivity contribution >= 4 is 0 Å². The Kier molecular flexibility index (Phi) is 3.58. The van der Waals surface area contributed by atoms with Crippen molar-refractivity contribution in [3.63, 3.8) is 0 Å². The van der Waals surface area contributed by atoms with Gasteiger partial charge in [-0.1, -0.05) is 61.3 Å². The van der Waals surface area contributed by atoms with Crippen LogP contribution in [0.4, 0.5) is 0 Å². The van der Waals surface area contributed by atoms with Gasteiger partial charge in [-0.2, -0.15) is 0 Å². The Labute approximate surface area is 96.8 Å². The van der Waals surface area contributed by atoms with Gasteiger partial charge >= 0.3 is 0 Å². The SMILES string of the molecule is CCC(C)(CC)C1CC(C)C1(C)C(C)C. The van der Waals surface area contributed by atoms with E-state index in [1.165, 1.54) is 19.3 Å². The molecule has 1 fully saturated rings. The Morgan fingerprint density at radius 1 is 1.27 bits per heavy atom. The van der Waals surface area contributed by atoms with E-state index >= 15 is 0 Å². The van der Waals surface area contributed by atoms with Crippen LogP contribution in [0.5, 0.6) is 0 Å². The molecule has 0 aromatic carbocycles. The van der Waals surface area contributed by atoms with E-state index in [0.717, 1.165) is 17.8 Å². The maximum absolute atomic E-state index is 2.53. The zero-order valence-electron chi connectivity index (χ0n) is 11.9. The second-order valence-electron chi connectivity index (χ2n) is 6.57. The van der Waals surface area contributed by atoms with Crippen LogP contribution >= 0.6 is 0 Å². The smallest absolute Gasteiger partial charge is 0.0243 e. The van der Waals surface area contributed by atoms with E-state index < -0.39 is 0 Å². The molecule has 0 saturated heterocycles. The van der Waals surface area contributed by atoms with Crippen LogP contribution in [0.1, 0.15) is 67.7 Å². The molecule has 1 saturated carbocycles. The fourth-order valence-electron chi connectivity index (χ4n) is 3.79. The monoisotopic (exact) mass is 210 g/mol. The molecule has 1 rings (SSSR count). The molecule has 0 aromatic rings. The number of hydrogen-bond acceptors (Lipinski definition) is 0. The van der Waals surface area contributed by atoms with Crippen molar-refractivity contribution in [3.8, 4) is 0 Å². The highest BCUT2D eigenvalue weighted by molar-refractivity contribution is 5.04. The summed E-state index contributed by atoms with van der Waals surface area (Å²) in [4.78, 5) is 0. The molecule has 0 heteroatoms. The molecular weight excluding hydrogens is 180 g/mol. The molecule has 0 bridgehead atoms. The first kappa shape index (κ1) is 13.1. The van der Waals surface area contributed by atoms with E-state index in [-0.39, 0.29) is 0 Å². The highest BCUT2D eigenvalue weighted by atomic mass is 14.6. The van der Waals surface area contributed by atoms with Gasteiger partial charge in [-0.25, -0.2) is 0 Å². The molecule has 0 N–H and O–H groups in total. The molecule has 3 unspecified atom stereocenters. The molecule has 0 amide bonds. The molecule has 0 aromatic heterocycles. The van der Waals surface area contributed by atoms with Gasteiger partial charge in [0, 0.05) is 0 Å². The molecule has 0 spiro atoms. The summed E-state index contributed by atoms with van der Waals surface area (Å²) in [5.41, 5.74) is 1.16. The Balaban J connectivity index is 2.90. The van der Waals surface area contributed by atoms with Crippen molar-refractivity contribution in [2.75, 3.05) is 0 Å². The second-order valence-corrected chi connectivity index (χ2v) is 6.57. The first-order valence-corrected chi connectivity index (χ1v) is 6.82. The van der Waals surface area contributed by atoms with Gasteiger partial charge in [0.2, 0.25) is 0 Å². The van der Waals surface area contributed by atoms with Crippen molar-refractivity contribution < 1.29 is 0 Å². The van der Waals surface area contributed by atoms with Crippen LogP contribution in [0, 0.1) is 28.6 Å². The summed E-state index contributed by atoms with van der Waals surface area (Å²) in [7, 11) is 0. The van der Waals surface area contributed by atoms with Crippen LogP contribution in [0.15, 0.2) is 0 Å². The maximum Gasteiger partial charge on any atom is -0.0243 e. The van der Waals surface area contributed by atoms with Gasteiger partial charge in [-0.3, -0.25) is 0 Å². The van der Waals surface area contributed by atoms with Crippen LogP contribution in [0.25, 0.3) is 0 Å². The van der Waals surface area contributed by atoms with Gasteiger partial charge in [0.1, 0.15) is 0 Å². The minimum absolute atomic E-state index is 0.575. The van der Waals surface area contributed by atoms with Gasteiger partial charge in [0.15, 0.2) is 0 Å². The van der Waals surface area contributed by atoms with Crippen molar-refractivity contribution in [2.45, 2.75) is 67.7 Å². The molecule has 1 aliphatic carbocycles. The third-order valence-electron chi connectivity index (χ3n) is 6.10. The molecule has 3 atom stereocenters. The Bertz CT molecular complexity index is 205. The molecule has 0 radical (unpaired) electrons. The van der Waals surface area contributed by atoms with Crippen LogP contribution in [-0.2, 0) is 0 Å². The van der Waals surface area contributed by atoms with Crippen LogP contribution in [-0.4, -0.2) is 0 Å². The lowest BCUT2D eigenvalue weighted by atomic mass is 9.43. The van der Waals surface area contributed by atoms with Crippen LogP contribution < -0.4 is 0 Å². The van der Waals surface area contributed by atoms with Crippen molar-refractivity contribution in [2.24, 2.45) is 28.6 Å². The van der Waals surface area contributed by atoms with E-state index in [2.05, 4.69) is 48.5 Å². The highest BCUT2D eigenvalue weighted by Gasteiger charge is 2.56. The lowest BCUT2D eigenvalue weighted by Gasteiger charge is -2.62. The standard InChI is InChI=1S/C15H30/c1-8-14(6,9-2)13-10-12(5)15(13,7)11(3)4/h11-13H,8-10H2,1-7H3. The van der Waals surface area contributed by atoms with E-state index in [4.69, 9.17) is 0 Å². The third kappa shape index (κ3) is 1.74. The summed E-state index contributed by atoms with van der Waals surface area (Å²) >= 11 is 0. The summed E-state index contributed by atoms with van der Waals surface area (Å²) in [6, 6.07) is 0. The fourth-order valence-corrected chi connectivity index (χ4v) is 3.79. The lowest BCUT2D eigenvalue weighted by molar-refractivity contribution is -0.135. The molecule has 0 heterocycles. The van der Waals surface area contributed by atoms with E-state index in [1.54, 1.807) is 0 Å². The van der Waals surface area contributed by atoms with Crippen molar-refractivity contribution in [3.05, 3.63) is 0 Å². The van der Waals surface area contributed by atoms with E-state index in [1.807, 2.05) is 0 Å². The fraction of sp³-hybridized carbons (Fsp3) is 1.00. The van der Waals surface area contributed by atoms with Gasteiger partial charge in [0.25, 0.3) is 0 Å². The highest BCUT2D eigenvalue weighted by Crippen LogP contribution is 2.63. The van der Waals surface area contributed by atoms with Crippen LogP contribution in [0.2, 0.25) is 0 Å². The minimum atomic E-state index is 0.575. The number of rotatable bonds is 4. The summed E-state index contributed by atoms with van der Waals surface area (Å²) in [5.74, 6) is 2.68. The normalized spacial score (nSPS) is 36.8. The average molecular weight is 210 g/mol. The maximum atomic E-state index is 2.53. The summed E-state index contributed by atoms with van der Waals surface area (Å²) in [6.45, 7) is 17.0. The predicted octanol–water partition coefficient (Wildman–Crippen LogP) is 5.13. The average Bonchev–Trinajstić information content (AvgIpc) is 2.23. The third-order valence-corrected chi connectivity index (χ3v) is 6.10. The van der Waals surface area contributed by atoms with Gasteiger partial charge < -0.3 is 0 Å². The van der Waals surface area contributed by atoms with Crippen molar-refractivity contribution in [1.82, 2.24) is 0 Å². The van der Waals surface area contributed by atoms with Crippen LogP contribution in [0.3, 0.4) is 0 Å². The first-order chi connectivity index (χ1) is 6.82. The Morgan fingerprint density at radius 2 is 1.73 bits per heavy atom. The molecule has 0 nitrogen and oxygen atoms in total. The molecule has 15 heavy (non-hydrogen) atoms. The lowest BCUT2D eigenvalue weighted by Crippen LogP contribution is -2.55. The summed E-state index contributed by atoms with van der Waals surface area (Å²) in [6.07, 6.45) is 4.12. The predicted molar refractivity (Wildman–Crippen MR) is 68.9 cm³/mol. The van der Waals surface area contributed by atoms with Gasteiger partial charge in [0.05, 0.1) is 0 Å². The minimum Gasteiger partial charge on any atom is -0.0649 e. The topological polar surface area (TPSA) is 0 Å². The Hall–Kier alpha value is 0. The molecular formula is C15H30. The largest absolute Gasteiger partial charge is 0.0649 e. The van der Waals surface area contributed by atoms with Crippen molar-refractivity contribution in [1.29, 1.82) is 0 Å². The Morgan fingerprint density at radius 3 is 2.00 bits per heavy atom. The molecule has 90 valence electrons. The summed E-state index contributed by atoms with van der Waals surface area (Å²) in [5, 5.41) is 0. The quantitative estimate of drug-likeness (QED) is 0.603. The second kappa shape index (κ2) is 4.11. The zero-order valence-corrected chi connectivity index (χ0v) is 11.9. The first-order valence-electron chi connectivity index (χ1n) is 6.82. The van der Waals surface area contributed by atoms with E-state index in [0.29, 0.717) is 10.8 Å².